The van der Waals surface area contributed by atoms with Crippen LogP contribution in [0.4, 0.5) is 0 Å². The number of para-hydroxylation sites is 2. The summed E-state index contributed by atoms with van der Waals surface area (Å²) in [4.78, 5) is 14.5. The minimum Gasteiger partial charge on any atom is -0.455 e. The summed E-state index contributed by atoms with van der Waals surface area (Å²) in [5.41, 5.74) is 8.83. The molecule has 4 heteroatoms. The lowest BCUT2D eigenvalue weighted by atomic mass is 9.87. The number of fused-ring (bicyclic) bond motifs is 7. The Balaban J connectivity index is 1.43. The first kappa shape index (κ1) is 23.8. The second-order valence-electron chi connectivity index (χ2n) is 10.8. The van der Waals surface area contributed by atoms with E-state index in [0.717, 1.165) is 88.5 Å². The van der Waals surface area contributed by atoms with Gasteiger partial charge in [-0.15, -0.1) is 0 Å². The van der Waals surface area contributed by atoms with Crippen LogP contribution in [0.25, 0.3) is 88.5 Å². The Morgan fingerprint density at radius 1 is 0.419 bits per heavy atom. The van der Waals surface area contributed by atoms with Gasteiger partial charge in [0.15, 0.2) is 0 Å². The van der Waals surface area contributed by atoms with Gasteiger partial charge in [-0.2, -0.15) is 0 Å². The molecule has 0 aliphatic carbocycles. The molecule has 200 valence electrons. The molecule has 2 aliphatic rings. The molecule has 2 aliphatic heterocycles. The van der Waals surface area contributed by atoms with Crippen molar-refractivity contribution in [3.05, 3.63) is 140 Å². The van der Waals surface area contributed by atoms with Gasteiger partial charge >= 0.3 is 0 Å². The first-order chi connectivity index (χ1) is 21.3. The fraction of sp³-hybridized carbons (Fsp3) is 0. The molecule has 0 atom stereocenters. The standard InChI is InChI=1S/C39H23N3O/c1-3-12-27-25(10-1)35(33-18-9-17-31(41-33)24-20-22-40-23-21-24)26-11-2-4-13-28(26)36(27)39-37-29-14-5-7-16-32(29)42-38(37)30-15-6-8-19-34(30)43-39/h1-23H. The van der Waals surface area contributed by atoms with Gasteiger partial charge in [-0.05, 0) is 64.0 Å². The molecule has 0 spiro atoms. The van der Waals surface area contributed by atoms with E-state index in [9.17, 15) is 0 Å². The van der Waals surface area contributed by atoms with Gasteiger partial charge in [0, 0.05) is 39.9 Å². The van der Waals surface area contributed by atoms with Crippen LogP contribution >= 0.6 is 0 Å². The van der Waals surface area contributed by atoms with Gasteiger partial charge in [-0.25, -0.2) is 9.97 Å². The Morgan fingerprint density at radius 3 is 1.72 bits per heavy atom. The van der Waals surface area contributed by atoms with Crippen molar-refractivity contribution in [2.75, 3.05) is 0 Å². The molecule has 0 saturated carbocycles. The van der Waals surface area contributed by atoms with Crippen LogP contribution in [-0.4, -0.2) is 15.0 Å². The van der Waals surface area contributed by atoms with E-state index in [1.54, 1.807) is 12.4 Å². The molecule has 0 amide bonds. The molecule has 0 radical (unpaired) electrons. The van der Waals surface area contributed by atoms with E-state index in [1.807, 2.05) is 36.4 Å². The van der Waals surface area contributed by atoms with Crippen molar-refractivity contribution in [1.29, 1.82) is 0 Å². The molecule has 0 bridgehead atoms. The SMILES string of the molecule is c1cc(-c2ccncc2)nc(-c2c3ccccc3c(-c3oc4ccccc4c4nc5ccccc5c3-4)c3ccccc23)c1. The summed E-state index contributed by atoms with van der Waals surface area (Å²) in [5, 5.41) is 6.56. The highest BCUT2D eigenvalue weighted by molar-refractivity contribution is 6.23. The maximum Gasteiger partial charge on any atom is 0.146 e. The van der Waals surface area contributed by atoms with Crippen LogP contribution in [0, 0.1) is 0 Å². The van der Waals surface area contributed by atoms with Crippen molar-refractivity contribution in [2.24, 2.45) is 0 Å². The molecule has 43 heavy (non-hydrogen) atoms. The predicted molar refractivity (Wildman–Crippen MR) is 175 cm³/mol. The average molecular weight is 550 g/mol. The summed E-state index contributed by atoms with van der Waals surface area (Å²) in [5.74, 6) is 0.833. The molecule has 4 heterocycles. The molecule has 7 aromatic rings. The zero-order chi connectivity index (χ0) is 28.3. The van der Waals surface area contributed by atoms with Gasteiger partial charge in [0.25, 0.3) is 0 Å². The first-order valence-corrected chi connectivity index (χ1v) is 14.4. The Hall–Kier alpha value is -5.87. The van der Waals surface area contributed by atoms with Crippen LogP contribution in [0.1, 0.15) is 0 Å². The zero-order valence-corrected chi connectivity index (χ0v) is 23.0. The number of aromatic nitrogens is 3. The number of hydrogen-bond donors (Lipinski definition) is 0. The highest BCUT2D eigenvalue weighted by Gasteiger charge is 2.26. The highest BCUT2D eigenvalue weighted by atomic mass is 16.3. The Bertz CT molecular complexity index is 2400. The van der Waals surface area contributed by atoms with E-state index in [0.29, 0.717) is 0 Å². The summed E-state index contributed by atoms with van der Waals surface area (Å²) in [7, 11) is 0. The lowest BCUT2D eigenvalue weighted by Gasteiger charge is -2.19. The van der Waals surface area contributed by atoms with Gasteiger partial charge in [-0.1, -0.05) is 84.9 Å². The number of nitrogens with zero attached hydrogens (tertiary/aromatic N) is 3. The lowest BCUT2D eigenvalue weighted by Crippen LogP contribution is -1.95. The van der Waals surface area contributed by atoms with Crippen molar-refractivity contribution in [1.82, 2.24) is 15.0 Å². The monoisotopic (exact) mass is 549 g/mol. The van der Waals surface area contributed by atoms with Gasteiger partial charge in [-0.3, -0.25) is 4.98 Å². The summed E-state index contributed by atoms with van der Waals surface area (Å²) < 4.78 is 6.90. The quantitative estimate of drug-likeness (QED) is 0.206. The van der Waals surface area contributed by atoms with Crippen LogP contribution in [0.15, 0.2) is 144 Å². The van der Waals surface area contributed by atoms with E-state index in [-0.39, 0.29) is 0 Å². The molecule has 0 N–H and O–H groups in total. The van der Waals surface area contributed by atoms with Crippen LogP contribution < -0.4 is 0 Å². The maximum atomic E-state index is 6.90. The van der Waals surface area contributed by atoms with Gasteiger partial charge in [0.2, 0.25) is 0 Å². The first-order valence-electron chi connectivity index (χ1n) is 14.4. The third-order valence-corrected chi connectivity index (χ3v) is 8.36. The molecule has 2 aromatic heterocycles. The van der Waals surface area contributed by atoms with Gasteiger partial charge in [0.05, 0.1) is 28.2 Å². The van der Waals surface area contributed by atoms with E-state index >= 15 is 0 Å². The summed E-state index contributed by atoms with van der Waals surface area (Å²) in [6, 6.07) is 43.9. The molecule has 0 unspecified atom stereocenters. The normalized spacial score (nSPS) is 11.7. The highest BCUT2D eigenvalue weighted by Crippen LogP contribution is 2.49. The number of rotatable bonds is 3. The minimum atomic E-state index is 0.816. The largest absolute Gasteiger partial charge is 0.455 e. The molecule has 9 rings (SSSR count). The van der Waals surface area contributed by atoms with E-state index in [1.165, 1.54) is 0 Å². The van der Waals surface area contributed by atoms with Crippen molar-refractivity contribution in [3.8, 4) is 45.1 Å². The van der Waals surface area contributed by atoms with Crippen molar-refractivity contribution >= 4 is 43.4 Å². The van der Waals surface area contributed by atoms with Crippen LogP contribution in [0.5, 0.6) is 0 Å². The second-order valence-corrected chi connectivity index (χ2v) is 10.8. The van der Waals surface area contributed by atoms with Crippen LogP contribution in [0.3, 0.4) is 0 Å². The number of hydrogen-bond acceptors (Lipinski definition) is 4. The van der Waals surface area contributed by atoms with E-state index in [2.05, 4.69) is 96.0 Å². The van der Waals surface area contributed by atoms with E-state index < -0.39 is 0 Å². The average Bonchev–Trinajstić information content (AvgIpc) is 3.48. The lowest BCUT2D eigenvalue weighted by molar-refractivity contribution is 0.623. The van der Waals surface area contributed by atoms with Crippen molar-refractivity contribution in [3.63, 3.8) is 0 Å². The molecule has 4 nitrogen and oxygen atoms in total. The maximum absolute atomic E-state index is 6.90. The Morgan fingerprint density at radius 2 is 1.00 bits per heavy atom. The predicted octanol–water partition coefficient (Wildman–Crippen LogP) is 10.2. The summed E-state index contributed by atoms with van der Waals surface area (Å²) in [6.45, 7) is 0. The molecule has 0 saturated heterocycles. The van der Waals surface area contributed by atoms with E-state index in [4.69, 9.17) is 14.4 Å². The molecule has 0 fully saturated rings. The summed E-state index contributed by atoms with van der Waals surface area (Å²) in [6.07, 6.45) is 3.61. The number of benzene rings is 5. The number of pyridine rings is 2. The zero-order valence-electron chi connectivity index (χ0n) is 23.0. The van der Waals surface area contributed by atoms with Crippen LogP contribution in [0.2, 0.25) is 0 Å². The van der Waals surface area contributed by atoms with Gasteiger partial charge in [0.1, 0.15) is 11.3 Å². The van der Waals surface area contributed by atoms with Crippen molar-refractivity contribution in [2.45, 2.75) is 0 Å². The molecular formula is C39H23N3O. The van der Waals surface area contributed by atoms with Crippen molar-refractivity contribution < 1.29 is 4.42 Å². The molecule has 5 aromatic carbocycles. The minimum absolute atomic E-state index is 0.816. The third-order valence-electron chi connectivity index (χ3n) is 8.36. The Labute approximate surface area is 247 Å². The summed E-state index contributed by atoms with van der Waals surface area (Å²) >= 11 is 0. The molecular weight excluding hydrogens is 526 g/mol. The second kappa shape index (κ2) is 9.33. The van der Waals surface area contributed by atoms with Crippen LogP contribution in [-0.2, 0) is 0 Å². The fourth-order valence-electron chi connectivity index (χ4n) is 6.51. The Kier molecular flexibility index (Phi) is 5.16. The van der Waals surface area contributed by atoms with Gasteiger partial charge < -0.3 is 4.42 Å². The topological polar surface area (TPSA) is 51.8 Å². The fourth-order valence-corrected chi connectivity index (χ4v) is 6.51. The third kappa shape index (κ3) is 3.60. The smallest absolute Gasteiger partial charge is 0.146 e.